The summed E-state index contributed by atoms with van der Waals surface area (Å²) in [4.78, 5) is 45.1. The molecule has 0 saturated carbocycles. The Morgan fingerprint density at radius 3 is 2.65 bits per heavy atom. The number of carbonyl (C=O) groups excluding carboxylic acids is 3. The van der Waals surface area contributed by atoms with E-state index in [4.69, 9.17) is 9.84 Å². The molecule has 208 valence electrons. The van der Waals surface area contributed by atoms with E-state index in [2.05, 4.69) is 20.1 Å². The van der Waals surface area contributed by atoms with Crippen molar-refractivity contribution >= 4 is 29.5 Å². The number of aliphatic hydroxyl groups is 1. The van der Waals surface area contributed by atoms with Crippen molar-refractivity contribution in [2.24, 2.45) is 11.8 Å². The van der Waals surface area contributed by atoms with Crippen LogP contribution < -0.4 is 0 Å². The van der Waals surface area contributed by atoms with Gasteiger partial charge in [0, 0.05) is 31.5 Å². The number of amides is 2. The van der Waals surface area contributed by atoms with E-state index in [1.807, 2.05) is 11.0 Å². The fourth-order valence-electron chi connectivity index (χ4n) is 6.32. The maximum Gasteiger partial charge on any atom is 0.310 e. The molecule has 0 aliphatic carbocycles. The van der Waals surface area contributed by atoms with Crippen LogP contribution in [0.25, 0.3) is 0 Å². The molecular formula is C29H46N2O5S. The zero-order chi connectivity index (χ0) is 26.8. The van der Waals surface area contributed by atoms with Crippen molar-refractivity contribution in [1.82, 2.24) is 9.80 Å². The number of ether oxygens (including phenoxy) is 1. The minimum atomic E-state index is -0.567. The van der Waals surface area contributed by atoms with Crippen molar-refractivity contribution < 1.29 is 24.2 Å². The average molecular weight is 535 g/mol. The van der Waals surface area contributed by atoms with E-state index in [9.17, 15) is 14.4 Å². The maximum atomic E-state index is 14.1. The van der Waals surface area contributed by atoms with Crippen LogP contribution in [0.15, 0.2) is 25.3 Å². The van der Waals surface area contributed by atoms with Gasteiger partial charge in [-0.15, -0.1) is 24.9 Å². The second-order valence-corrected chi connectivity index (χ2v) is 12.2. The third-order valence-corrected chi connectivity index (χ3v) is 10.1. The van der Waals surface area contributed by atoms with Crippen LogP contribution in [0.2, 0.25) is 0 Å². The van der Waals surface area contributed by atoms with Gasteiger partial charge in [0.05, 0.1) is 23.2 Å². The molecule has 2 unspecified atom stereocenters. The molecule has 2 bridgehead atoms. The third kappa shape index (κ3) is 6.44. The van der Waals surface area contributed by atoms with Gasteiger partial charge in [-0.1, -0.05) is 38.3 Å². The van der Waals surface area contributed by atoms with Gasteiger partial charge >= 0.3 is 5.97 Å². The Morgan fingerprint density at radius 1 is 1.16 bits per heavy atom. The van der Waals surface area contributed by atoms with Crippen LogP contribution in [0.4, 0.5) is 0 Å². The Hall–Kier alpha value is -1.80. The summed E-state index contributed by atoms with van der Waals surface area (Å²) in [5.74, 6) is -1.33. The molecule has 37 heavy (non-hydrogen) atoms. The lowest BCUT2D eigenvalue weighted by Gasteiger charge is -2.37. The fourth-order valence-corrected chi connectivity index (χ4v) is 8.52. The van der Waals surface area contributed by atoms with Crippen LogP contribution in [0.1, 0.15) is 77.6 Å². The van der Waals surface area contributed by atoms with E-state index in [1.165, 1.54) is 0 Å². The molecule has 3 rings (SSSR count). The van der Waals surface area contributed by atoms with Crippen molar-refractivity contribution in [3.63, 3.8) is 0 Å². The number of aliphatic hydroxyl groups excluding tert-OH is 1. The highest BCUT2D eigenvalue weighted by atomic mass is 32.2. The van der Waals surface area contributed by atoms with Gasteiger partial charge in [0.25, 0.3) is 0 Å². The van der Waals surface area contributed by atoms with Crippen LogP contribution in [-0.4, -0.2) is 81.6 Å². The predicted octanol–water partition coefficient (Wildman–Crippen LogP) is 4.34. The molecule has 5 atom stereocenters. The van der Waals surface area contributed by atoms with E-state index in [-0.39, 0.29) is 29.6 Å². The second kappa shape index (κ2) is 14.4. The zero-order valence-corrected chi connectivity index (χ0v) is 23.4. The van der Waals surface area contributed by atoms with Crippen molar-refractivity contribution in [3.05, 3.63) is 25.3 Å². The first-order valence-corrected chi connectivity index (χ1v) is 15.1. The first-order chi connectivity index (χ1) is 18.0. The molecule has 0 aromatic carbocycles. The summed E-state index contributed by atoms with van der Waals surface area (Å²) in [6.07, 6.45) is 13.0. The number of esters is 1. The Labute approximate surface area is 227 Å². The van der Waals surface area contributed by atoms with Gasteiger partial charge in [0.15, 0.2) is 0 Å². The number of allylic oxidation sites excluding steroid dienone is 1. The van der Waals surface area contributed by atoms with E-state index in [1.54, 1.807) is 22.7 Å². The number of rotatable bonds is 18. The SMILES string of the molecule is C=CCCCCOC(=O)[C@@H]1[C@H]2C(=O)N(CCCCCCO)C(C(=O)N(CC=C)CCCC)C23CC[C@H]1S3. The molecule has 3 aliphatic rings. The number of hydrogen-bond acceptors (Lipinski definition) is 6. The summed E-state index contributed by atoms with van der Waals surface area (Å²) >= 11 is 1.70. The number of unbranched alkanes of at least 4 members (excludes halogenated alkanes) is 6. The molecule has 8 heteroatoms. The van der Waals surface area contributed by atoms with Crippen molar-refractivity contribution in [2.45, 2.75) is 93.6 Å². The summed E-state index contributed by atoms with van der Waals surface area (Å²) in [5.41, 5.74) is 0. The quantitative estimate of drug-likeness (QED) is 0.160. The van der Waals surface area contributed by atoms with Crippen LogP contribution >= 0.6 is 11.8 Å². The van der Waals surface area contributed by atoms with Gasteiger partial charge in [-0.25, -0.2) is 0 Å². The number of carbonyl (C=O) groups is 3. The van der Waals surface area contributed by atoms with Crippen LogP contribution in [0, 0.1) is 11.8 Å². The van der Waals surface area contributed by atoms with Gasteiger partial charge in [-0.05, 0) is 51.4 Å². The Balaban J connectivity index is 1.83. The van der Waals surface area contributed by atoms with E-state index in [0.29, 0.717) is 26.2 Å². The highest BCUT2D eigenvalue weighted by molar-refractivity contribution is 8.02. The number of thioether (sulfide) groups is 1. The van der Waals surface area contributed by atoms with Crippen LogP contribution in [-0.2, 0) is 19.1 Å². The Morgan fingerprint density at radius 2 is 1.95 bits per heavy atom. The molecular weight excluding hydrogens is 488 g/mol. The standard InChI is InChI=1S/C29H46N2O5S/c1-4-7-9-14-21-36-28(35)23-22-15-16-29(37-22)24(23)26(33)31(19-12-10-11-13-20-32)25(29)27(34)30(17-6-3)18-8-5-2/h4,6,22-25,32H,1,3,5,7-21H2,2H3/t22-,23+,24+,25?,29?/m1/s1. The molecule has 0 radical (unpaired) electrons. The van der Waals surface area contributed by atoms with Gasteiger partial charge in [0.2, 0.25) is 11.8 Å². The topological polar surface area (TPSA) is 87.1 Å². The maximum absolute atomic E-state index is 14.1. The molecule has 3 saturated heterocycles. The van der Waals surface area contributed by atoms with Gasteiger partial charge in [-0.2, -0.15) is 0 Å². The number of likely N-dealkylation sites (tertiary alicyclic amines) is 1. The molecule has 2 amide bonds. The van der Waals surface area contributed by atoms with Crippen LogP contribution in [0.3, 0.4) is 0 Å². The molecule has 3 fully saturated rings. The third-order valence-electron chi connectivity index (χ3n) is 8.10. The lowest BCUT2D eigenvalue weighted by Crippen LogP contribution is -2.55. The summed E-state index contributed by atoms with van der Waals surface area (Å²) in [5, 5.41) is 9.14. The number of hydrogen-bond donors (Lipinski definition) is 1. The summed E-state index contributed by atoms with van der Waals surface area (Å²) in [7, 11) is 0. The number of nitrogens with zero attached hydrogens (tertiary/aromatic N) is 2. The molecule has 1 N–H and O–H groups in total. The lowest BCUT2D eigenvalue weighted by atomic mass is 9.71. The van der Waals surface area contributed by atoms with Gasteiger partial charge in [0.1, 0.15) is 6.04 Å². The van der Waals surface area contributed by atoms with Crippen molar-refractivity contribution in [3.8, 4) is 0 Å². The minimum Gasteiger partial charge on any atom is -0.465 e. The second-order valence-electron chi connectivity index (χ2n) is 10.6. The highest BCUT2D eigenvalue weighted by Crippen LogP contribution is 2.66. The summed E-state index contributed by atoms with van der Waals surface area (Å²) < 4.78 is 5.12. The van der Waals surface area contributed by atoms with Gasteiger partial charge < -0.3 is 19.6 Å². The molecule has 0 aromatic heterocycles. The van der Waals surface area contributed by atoms with E-state index in [0.717, 1.165) is 70.6 Å². The molecule has 3 aliphatic heterocycles. The monoisotopic (exact) mass is 534 g/mol. The lowest BCUT2D eigenvalue weighted by molar-refractivity contribution is -0.154. The molecule has 3 heterocycles. The average Bonchev–Trinajstić information content (AvgIpc) is 3.53. The smallest absolute Gasteiger partial charge is 0.310 e. The first kappa shape index (κ1) is 29.8. The first-order valence-electron chi connectivity index (χ1n) is 14.2. The van der Waals surface area contributed by atoms with Crippen molar-refractivity contribution in [2.75, 3.05) is 32.8 Å². The molecule has 0 aromatic rings. The highest BCUT2D eigenvalue weighted by Gasteiger charge is 2.74. The molecule has 7 nitrogen and oxygen atoms in total. The Bertz CT molecular complexity index is 820. The fraction of sp³-hybridized carbons (Fsp3) is 0.759. The minimum absolute atomic E-state index is 0.00819. The largest absolute Gasteiger partial charge is 0.465 e. The predicted molar refractivity (Wildman–Crippen MR) is 148 cm³/mol. The van der Waals surface area contributed by atoms with Gasteiger partial charge in [-0.3, -0.25) is 14.4 Å². The van der Waals surface area contributed by atoms with E-state index < -0.39 is 22.6 Å². The molecule has 1 spiro atoms. The van der Waals surface area contributed by atoms with E-state index >= 15 is 0 Å². The van der Waals surface area contributed by atoms with Crippen LogP contribution in [0.5, 0.6) is 0 Å². The Kier molecular flexibility index (Phi) is 11.6. The normalized spacial score (nSPS) is 27.8. The summed E-state index contributed by atoms with van der Waals surface area (Å²) in [6.45, 7) is 11.8. The van der Waals surface area contributed by atoms with Crippen molar-refractivity contribution in [1.29, 1.82) is 0 Å². The zero-order valence-electron chi connectivity index (χ0n) is 22.6. The summed E-state index contributed by atoms with van der Waals surface area (Å²) in [6, 6.07) is -0.556. The number of fused-ring (bicyclic) bond motifs is 1.